The lowest BCUT2D eigenvalue weighted by Crippen LogP contribution is -2.22. The fraction of sp³-hybridized carbons (Fsp3) is 0.278. The number of nitrogens with one attached hydrogen (secondary N) is 2. The summed E-state index contributed by atoms with van der Waals surface area (Å²) in [7, 11) is 1.18. The van der Waals surface area contributed by atoms with Crippen LogP contribution >= 0.6 is 0 Å². The van der Waals surface area contributed by atoms with Crippen LogP contribution in [0.15, 0.2) is 36.4 Å². The average molecular weight is 406 g/mol. The summed E-state index contributed by atoms with van der Waals surface area (Å²) in [5, 5.41) is 4.76. The minimum absolute atomic E-state index is 0.0264. The van der Waals surface area contributed by atoms with Gasteiger partial charge in [-0.15, -0.1) is 0 Å². The maximum atomic E-state index is 12.9. The van der Waals surface area contributed by atoms with Gasteiger partial charge < -0.3 is 15.4 Å². The predicted octanol–water partition coefficient (Wildman–Crippen LogP) is 5.09. The summed E-state index contributed by atoms with van der Waals surface area (Å²) in [6, 6.07) is 6.18. The quantitative estimate of drug-likeness (QED) is 0.680. The molecule has 0 spiro atoms. The van der Waals surface area contributed by atoms with Crippen molar-refractivity contribution in [2.45, 2.75) is 19.3 Å². The summed E-state index contributed by atoms with van der Waals surface area (Å²) in [4.78, 5) is 12.0. The Kier molecular flexibility index (Phi) is 6.10. The van der Waals surface area contributed by atoms with E-state index in [1.807, 2.05) is 0 Å². The van der Waals surface area contributed by atoms with Gasteiger partial charge >= 0.3 is 12.4 Å². The van der Waals surface area contributed by atoms with E-state index < -0.39 is 35.9 Å². The third kappa shape index (κ3) is 5.54. The Morgan fingerprint density at radius 1 is 0.964 bits per heavy atom. The van der Waals surface area contributed by atoms with E-state index in [0.29, 0.717) is 0 Å². The number of ether oxygens (including phenoxy) is 1. The van der Waals surface area contributed by atoms with Crippen LogP contribution in [-0.4, -0.2) is 19.6 Å². The Morgan fingerprint density at radius 2 is 1.64 bits per heavy atom. The van der Waals surface area contributed by atoms with Gasteiger partial charge in [-0.2, -0.15) is 26.3 Å². The number of halogens is 6. The highest BCUT2D eigenvalue weighted by Crippen LogP contribution is 2.35. The zero-order chi connectivity index (χ0) is 21.1. The minimum atomic E-state index is -4.64. The highest BCUT2D eigenvalue weighted by atomic mass is 19.4. The first-order valence-corrected chi connectivity index (χ1v) is 7.88. The molecular formula is C18H16F6N2O2. The number of carbonyl (C=O) groups excluding carboxylic acids is 1. The number of hydrogen-bond acceptors (Lipinski definition) is 3. The standard InChI is InChI=1S/C18H16F6N2O2/c1-10-3-4-12(8-15(10)18(22,23)24)25-9-16(27)26-13-5-11(17(19,20)21)6-14(7-13)28-2/h3-8,25H,9H2,1-2H3,(H,26,27). The molecule has 4 nitrogen and oxygen atoms in total. The Bertz CT molecular complexity index is 862. The molecule has 10 heteroatoms. The van der Waals surface area contributed by atoms with Gasteiger partial charge in [-0.3, -0.25) is 4.79 Å². The second-order valence-electron chi connectivity index (χ2n) is 5.88. The molecule has 2 aromatic carbocycles. The van der Waals surface area contributed by atoms with Gasteiger partial charge in [0.25, 0.3) is 0 Å². The molecular weight excluding hydrogens is 390 g/mol. The van der Waals surface area contributed by atoms with Crippen LogP contribution in [0.2, 0.25) is 0 Å². The average Bonchev–Trinajstić information content (AvgIpc) is 2.59. The van der Waals surface area contributed by atoms with Crippen molar-refractivity contribution in [3.05, 3.63) is 53.1 Å². The molecule has 2 rings (SSSR count). The molecule has 152 valence electrons. The smallest absolute Gasteiger partial charge is 0.416 e. The molecule has 28 heavy (non-hydrogen) atoms. The lowest BCUT2D eigenvalue weighted by atomic mass is 10.1. The maximum absolute atomic E-state index is 12.9. The highest BCUT2D eigenvalue weighted by molar-refractivity contribution is 5.94. The summed E-state index contributed by atoms with van der Waals surface area (Å²) in [6.45, 7) is 0.860. The molecule has 0 aliphatic heterocycles. The van der Waals surface area contributed by atoms with E-state index >= 15 is 0 Å². The van der Waals surface area contributed by atoms with E-state index in [-0.39, 0.29) is 22.7 Å². The summed E-state index contributed by atoms with van der Waals surface area (Å²) in [5.41, 5.74) is -1.93. The van der Waals surface area contributed by atoms with E-state index in [1.54, 1.807) is 0 Å². The van der Waals surface area contributed by atoms with Gasteiger partial charge in [0.1, 0.15) is 5.75 Å². The van der Waals surface area contributed by atoms with Crippen LogP contribution in [0.25, 0.3) is 0 Å². The number of carbonyl (C=O) groups is 1. The lowest BCUT2D eigenvalue weighted by Gasteiger charge is -2.14. The maximum Gasteiger partial charge on any atom is 0.416 e. The van der Waals surface area contributed by atoms with Crippen molar-refractivity contribution in [2.24, 2.45) is 0 Å². The first-order valence-electron chi connectivity index (χ1n) is 7.88. The largest absolute Gasteiger partial charge is 0.497 e. The van der Waals surface area contributed by atoms with E-state index in [2.05, 4.69) is 10.6 Å². The van der Waals surface area contributed by atoms with Crippen molar-refractivity contribution in [3.63, 3.8) is 0 Å². The van der Waals surface area contributed by atoms with Crippen LogP contribution < -0.4 is 15.4 Å². The molecule has 0 saturated heterocycles. The Labute approximate surface area is 156 Å². The summed E-state index contributed by atoms with van der Waals surface area (Å²) < 4.78 is 82.2. The van der Waals surface area contributed by atoms with Crippen molar-refractivity contribution in [3.8, 4) is 5.75 Å². The monoisotopic (exact) mass is 406 g/mol. The van der Waals surface area contributed by atoms with Gasteiger partial charge in [-0.1, -0.05) is 6.07 Å². The van der Waals surface area contributed by atoms with E-state index in [1.165, 1.54) is 32.2 Å². The van der Waals surface area contributed by atoms with E-state index in [4.69, 9.17) is 4.74 Å². The number of hydrogen-bond donors (Lipinski definition) is 2. The van der Waals surface area contributed by atoms with Crippen LogP contribution in [0.1, 0.15) is 16.7 Å². The molecule has 0 atom stereocenters. The van der Waals surface area contributed by atoms with Gasteiger partial charge in [-0.05, 0) is 36.8 Å². The second kappa shape index (κ2) is 7.99. The van der Waals surface area contributed by atoms with Gasteiger partial charge in [0.2, 0.25) is 5.91 Å². The Hall–Kier alpha value is -2.91. The Balaban J connectivity index is 2.09. The molecule has 0 aliphatic carbocycles. The molecule has 0 radical (unpaired) electrons. The topological polar surface area (TPSA) is 50.4 Å². The summed E-state index contributed by atoms with van der Waals surface area (Å²) >= 11 is 0. The van der Waals surface area contributed by atoms with Crippen LogP contribution in [0.5, 0.6) is 5.75 Å². The van der Waals surface area contributed by atoms with Gasteiger partial charge in [-0.25, -0.2) is 0 Å². The van der Waals surface area contributed by atoms with Crippen molar-refractivity contribution < 1.29 is 35.9 Å². The summed E-state index contributed by atoms with van der Waals surface area (Å²) in [5.74, 6) is -0.845. The number of rotatable bonds is 5. The van der Waals surface area contributed by atoms with Crippen LogP contribution in [0, 0.1) is 6.92 Å². The van der Waals surface area contributed by atoms with Crippen molar-refractivity contribution in [2.75, 3.05) is 24.3 Å². The van der Waals surface area contributed by atoms with Crippen LogP contribution in [0.4, 0.5) is 37.7 Å². The molecule has 0 fully saturated rings. The molecule has 0 saturated carbocycles. The molecule has 0 aromatic heterocycles. The number of benzene rings is 2. The molecule has 0 aliphatic rings. The fourth-order valence-corrected chi connectivity index (χ4v) is 2.38. The minimum Gasteiger partial charge on any atom is -0.497 e. The lowest BCUT2D eigenvalue weighted by molar-refractivity contribution is -0.138. The van der Waals surface area contributed by atoms with Crippen LogP contribution in [0.3, 0.4) is 0 Å². The number of aryl methyl sites for hydroxylation is 1. The molecule has 2 N–H and O–H groups in total. The van der Waals surface area contributed by atoms with Crippen LogP contribution in [-0.2, 0) is 17.1 Å². The van der Waals surface area contributed by atoms with Crippen molar-refractivity contribution >= 4 is 17.3 Å². The molecule has 0 heterocycles. The zero-order valence-electron chi connectivity index (χ0n) is 14.8. The van der Waals surface area contributed by atoms with Crippen molar-refractivity contribution in [1.82, 2.24) is 0 Å². The van der Waals surface area contributed by atoms with Gasteiger partial charge in [0.15, 0.2) is 0 Å². The number of alkyl halides is 6. The fourth-order valence-electron chi connectivity index (χ4n) is 2.38. The molecule has 1 amide bonds. The number of methoxy groups -OCH3 is 1. The number of anilines is 2. The molecule has 2 aromatic rings. The molecule has 0 bridgehead atoms. The second-order valence-corrected chi connectivity index (χ2v) is 5.88. The zero-order valence-corrected chi connectivity index (χ0v) is 14.8. The third-order valence-corrected chi connectivity index (χ3v) is 3.75. The van der Waals surface area contributed by atoms with Crippen molar-refractivity contribution in [1.29, 1.82) is 0 Å². The van der Waals surface area contributed by atoms with Gasteiger partial charge in [0.05, 0.1) is 24.8 Å². The normalized spacial score (nSPS) is 11.9. The van der Waals surface area contributed by atoms with E-state index in [0.717, 1.165) is 18.2 Å². The van der Waals surface area contributed by atoms with Gasteiger partial charge in [0, 0.05) is 17.4 Å². The predicted molar refractivity (Wildman–Crippen MR) is 91.3 cm³/mol. The first-order chi connectivity index (χ1) is 12.9. The Morgan fingerprint density at radius 3 is 2.21 bits per heavy atom. The first kappa shape index (κ1) is 21.4. The molecule has 0 unspecified atom stereocenters. The van der Waals surface area contributed by atoms with E-state index in [9.17, 15) is 31.1 Å². The summed E-state index contributed by atoms with van der Waals surface area (Å²) in [6.07, 6.45) is -9.18. The third-order valence-electron chi connectivity index (χ3n) is 3.75. The SMILES string of the molecule is COc1cc(NC(=O)CNc2ccc(C)c(C(F)(F)F)c2)cc(C(F)(F)F)c1. The number of amides is 1. The highest BCUT2D eigenvalue weighted by Gasteiger charge is 2.33.